The summed E-state index contributed by atoms with van der Waals surface area (Å²) in [6.45, 7) is 8.01. The Hall–Kier alpha value is -0.930. The molecule has 1 atom stereocenters. The van der Waals surface area contributed by atoms with Crippen LogP contribution in [0.5, 0.6) is 0 Å². The third kappa shape index (κ3) is 4.29. The Labute approximate surface area is 116 Å². The minimum atomic E-state index is -0.163. The second-order valence-corrected chi connectivity index (χ2v) is 5.56. The number of nitrogens with one attached hydrogen (secondary N) is 1. The normalized spacial score (nSPS) is 19.5. The Balaban J connectivity index is 1.80. The van der Waals surface area contributed by atoms with E-state index < -0.39 is 0 Å². The van der Waals surface area contributed by atoms with E-state index in [-0.39, 0.29) is 5.82 Å². The molecule has 0 aliphatic carbocycles. The second kappa shape index (κ2) is 7.01. The van der Waals surface area contributed by atoms with Crippen LogP contribution in [0.3, 0.4) is 0 Å². The van der Waals surface area contributed by atoms with Crippen LogP contribution >= 0.6 is 0 Å². The van der Waals surface area contributed by atoms with Gasteiger partial charge < -0.3 is 10.2 Å². The molecule has 1 aromatic carbocycles. The van der Waals surface area contributed by atoms with Crippen LogP contribution in [0.25, 0.3) is 0 Å². The monoisotopic (exact) mass is 264 g/mol. The van der Waals surface area contributed by atoms with Gasteiger partial charge in [0.2, 0.25) is 0 Å². The van der Waals surface area contributed by atoms with Crippen LogP contribution in [-0.2, 0) is 0 Å². The Bertz CT molecular complexity index is 369. The van der Waals surface area contributed by atoms with E-state index >= 15 is 0 Å². The van der Waals surface area contributed by atoms with Crippen LogP contribution in [0, 0.1) is 5.82 Å². The number of hydrogen-bond donors (Lipinski definition) is 1. The van der Waals surface area contributed by atoms with Crippen molar-refractivity contribution in [1.82, 2.24) is 10.2 Å². The summed E-state index contributed by atoms with van der Waals surface area (Å²) in [5.74, 6) is -0.163. The lowest BCUT2D eigenvalue weighted by atomic mass is 10.0. The van der Waals surface area contributed by atoms with Crippen molar-refractivity contribution >= 4 is 0 Å². The average Bonchev–Trinajstić information content (AvgIpc) is 2.42. The number of nitrogens with zero attached hydrogens (tertiary/aromatic N) is 1. The molecule has 19 heavy (non-hydrogen) atoms. The molecule has 2 nitrogen and oxygen atoms in total. The number of benzene rings is 1. The quantitative estimate of drug-likeness (QED) is 0.877. The summed E-state index contributed by atoms with van der Waals surface area (Å²) in [5, 5.41) is 3.67. The van der Waals surface area contributed by atoms with Crippen LogP contribution in [0.1, 0.15) is 44.7 Å². The number of piperidine rings is 1. The molecule has 1 saturated heterocycles. The third-order valence-corrected chi connectivity index (χ3v) is 3.98. The maximum absolute atomic E-state index is 12.9. The number of likely N-dealkylation sites (tertiary alicyclic amines) is 1. The number of halogens is 1. The lowest BCUT2D eigenvalue weighted by molar-refractivity contribution is 0.192. The molecular formula is C16H25FN2. The van der Waals surface area contributed by atoms with E-state index in [9.17, 15) is 4.39 Å². The zero-order valence-corrected chi connectivity index (χ0v) is 12.0. The molecule has 0 unspecified atom stereocenters. The van der Waals surface area contributed by atoms with Gasteiger partial charge in [0.15, 0.2) is 0 Å². The molecule has 0 bridgehead atoms. The van der Waals surface area contributed by atoms with Gasteiger partial charge in [-0.15, -0.1) is 0 Å². The fourth-order valence-corrected chi connectivity index (χ4v) is 2.84. The van der Waals surface area contributed by atoms with Crippen molar-refractivity contribution in [3.05, 3.63) is 35.6 Å². The highest BCUT2D eigenvalue weighted by molar-refractivity contribution is 5.19. The first-order valence-electron chi connectivity index (χ1n) is 7.43. The van der Waals surface area contributed by atoms with Crippen LogP contribution < -0.4 is 5.32 Å². The topological polar surface area (TPSA) is 15.3 Å². The highest BCUT2D eigenvalue weighted by Gasteiger charge is 2.20. The molecule has 0 saturated carbocycles. The van der Waals surface area contributed by atoms with Crippen LogP contribution in [0.4, 0.5) is 4.39 Å². The summed E-state index contributed by atoms with van der Waals surface area (Å²) in [6, 6.07) is 7.71. The summed E-state index contributed by atoms with van der Waals surface area (Å²) in [5.41, 5.74) is 1.16. The van der Waals surface area contributed by atoms with Gasteiger partial charge >= 0.3 is 0 Å². The molecular weight excluding hydrogens is 239 g/mol. The molecule has 1 fully saturated rings. The maximum atomic E-state index is 12.9. The Kier molecular flexibility index (Phi) is 5.34. The minimum Gasteiger partial charge on any atom is -0.307 e. The highest BCUT2D eigenvalue weighted by atomic mass is 19.1. The van der Waals surface area contributed by atoms with Gasteiger partial charge in [-0.2, -0.15) is 0 Å². The summed E-state index contributed by atoms with van der Waals surface area (Å²) >= 11 is 0. The van der Waals surface area contributed by atoms with Crippen LogP contribution in [0.2, 0.25) is 0 Å². The number of rotatable bonds is 5. The molecule has 1 aliphatic rings. The maximum Gasteiger partial charge on any atom is 0.123 e. The van der Waals surface area contributed by atoms with Crippen LogP contribution in [-0.4, -0.2) is 30.6 Å². The molecule has 0 radical (unpaired) electrons. The van der Waals surface area contributed by atoms with E-state index in [2.05, 4.69) is 24.1 Å². The lowest BCUT2D eigenvalue weighted by Crippen LogP contribution is -2.43. The average molecular weight is 264 g/mol. The summed E-state index contributed by atoms with van der Waals surface area (Å²) in [7, 11) is 0. The zero-order chi connectivity index (χ0) is 13.7. The summed E-state index contributed by atoms with van der Waals surface area (Å²) in [4.78, 5) is 2.54. The van der Waals surface area contributed by atoms with E-state index in [4.69, 9.17) is 0 Å². The van der Waals surface area contributed by atoms with Crippen molar-refractivity contribution in [3.63, 3.8) is 0 Å². The van der Waals surface area contributed by atoms with Gasteiger partial charge in [0.1, 0.15) is 5.82 Å². The van der Waals surface area contributed by atoms with Gasteiger partial charge in [-0.05, 0) is 63.5 Å². The zero-order valence-electron chi connectivity index (χ0n) is 12.0. The van der Waals surface area contributed by atoms with Gasteiger partial charge in [-0.3, -0.25) is 0 Å². The largest absolute Gasteiger partial charge is 0.307 e. The number of hydrogen-bond acceptors (Lipinski definition) is 2. The SMILES string of the molecule is CCCN1CCC(N[C@H](C)c2ccc(F)cc2)CC1. The van der Waals surface area contributed by atoms with Crippen LogP contribution in [0.15, 0.2) is 24.3 Å². The predicted molar refractivity (Wildman–Crippen MR) is 77.7 cm³/mol. The van der Waals surface area contributed by atoms with Crippen molar-refractivity contribution in [2.24, 2.45) is 0 Å². The van der Waals surface area contributed by atoms with Gasteiger partial charge in [-0.1, -0.05) is 19.1 Å². The van der Waals surface area contributed by atoms with Crippen molar-refractivity contribution in [1.29, 1.82) is 0 Å². The standard InChI is InChI=1S/C16H25FN2/c1-3-10-19-11-8-16(9-12-19)18-13(2)14-4-6-15(17)7-5-14/h4-7,13,16,18H,3,8-12H2,1-2H3/t13-/m1/s1. The fraction of sp³-hybridized carbons (Fsp3) is 0.625. The molecule has 106 valence electrons. The van der Waals surface area contributed by atoms with E-state index in [0.29, 0.717) is 12.1 Å². The Morgan fingerprint density at radius 3 is 2.47 bits per heavy atom. The fourth-order valence-electron chi connectivity index (χ4n) is 2.84. The smallest absolute Gasteiger partial charge is 0.123 e. The minimum absolute atomic E-state index is 0.163. The Morgan fingerprint density at radius 2 is 1.89 bits per heavy atom. The molecule has 1 heterocycles. The molecule has 2 rings (SSSR count). The Morgan fingerprint density at radius 1 is 1.26 bits per heavy atom. The second-order valence-electron chi connectivity index (χ2n) is 5.56. The highest BCUT2D eigenvalue weighted by Crippen LogP contribution is 2.17. The molecule has 3 heteroatoms. The van der Waals surface area contributed by atoms with E-state index in [1.165, 1.54) is 51.0 Å². The first-order chi connectivity index (χ1) is 9.19. The molecule has 1 aliphatic heterocycles. The van der Waals surface area contributed by atoms with Crippen molar-refractivity contribution in [3.8, 4) is 0 Å². The third-order valence-electron chi connectivity index (χ3n) is 3.98. The van der Waals surface area contributed by atoms with Crippen molar-refractivity contribution in [2.75, 3.05) is 19.6 Å². The van der Waals surface area contributed by atoms with Crippen molar-refractivity contribution < 1.29 is 4.39 Å². The first kappa shape index (κ1) is 14.5. The van der Waals surface area contributed by atoms with E-state index in [1.54, 1.807) is 0 Å². The molecule has 0 spiro atoms. The first-order valence-corrected chi connectivity index (χ1v) is 7.43. The molecule has 1 N–H and O–H groups in total. The van der Waals surface area contributed by atoms with Gasteiger partial charge in [0.25, 0.3) is 0 Å². The molecule has 0 amide bonds. The van der Waals surface area contributed by atoms with Gasteiger partial charge in [0.05, 0.1) is 0 Å². The van der Waals surface area contributed by atoms with Crippen molar-refractivity contribution in [2.45, 2.75) is 45.2 Å². The summed E-state index contributed by atoms with van der Waals surface area (Å²) in [6.07, 6.45) is 3.67. The lowest BCUT2D eigenvalue weighted by Gasteiger charge is -2.33. The van der Waals surface area contributed by atoms with E-state index in [1.807, 2.05) is 12.1 Å². The molecule has 1 aromatic rings. The molecule has 0 aromatic heterocycles. The summed E-state index contributed by atoms with van der Waals surface area (Å²) < 4.78 is 12.9. The van der Waals surface area contributed by atoms with Gasteiger partial charge in [-0.25, -0.2) is 4.39 Å². The van der Waals surface area contributed by atoms with E-state index in [0.717, 1.165) is 5.56 Å². The predicted octanol–water partition coefficient (Wildman–Crippen LogP) is 3.35. The van der Waals surface area contributed by atoms with Gasteiger partial charge in [0, 0.05) is 12.1 Å².